The number of carbonyl (C=O) groups excluding carboxylic acids is 2. The molecule has 0 bridgehead atoms. The normalized spacial score (nSPS) is 12.2. The maximum atomic E-state index is 13.0. The first-order valence-corrected chi connectivity index (χ1v) is 11.7. The summed E-state index contributed by atoms with van der Waals surface area (Å²) in [6.07, 6.45) is -4.15. The van der Waals surface area contributed by atoms with Crippen LogP contribution in [0.3, 0.4) is 0 Å². The minimum Gasteiger partial charge on any atom is -0.324 e. The summed E-state index contributed by atoms with van der Waals surface area (Å²) >= 11 is 13.1. The van der Waals surface area contributed by atoms with Crippen molar-refractivity contribution in [1.29, 1.82) is 0 Å². The third kappa shape index (κ3) is 6.91. The number of thioether (sulfide) groups is 1. The van der Waals surface area contributed by atoms with E-state index in [2.05, 4.69) is 10.6 Å². The lowest BCUT2D eigenvalue weighted by molar-refractivity contribution is -0.137. The molecular formula is C24H19Cl2F3N2O2S. The van der Waals surface area contributed by atoms with Crippen molar-refractivity contribution in [2.75, 3.05) is 10.6 Å². The van der Waals surface area contributed by atoms with E-state index in [1.807, 2.05) is 0 Å². The summed E-state index contributed by atoms with van der Waals surface area (Å²) < 4.78 is 39.0. The first-order valence-electron chi connectivity index (χ1n) is 10.1. The van der Waals surface area contributed by atoms with Crippen molar-refractivity contribution >= 4 is 58.2 Å². The fraction of sp³-hybridized carbons (Fsp3) is 0.167. The number of hydrogen-bond acceptors (Lipinski definition) is 3. The Morgan fingerprint density at radius 3 is 2.38 bits per heavy atom. The Morgan fingerprint density at radius 2 is 1.71 bits per heavy atom. The average molecular weight is 527 g/mol. The van der Waals surface area contributed by atoms with E-state index in [4.69, 9.17) is 23.2 Å². The van der Waals surface area contributed by atoms with E-state index in [1.54, 1.807) is 55.5 Å². The first kappa shape index (κ1) is 25.9. The van der Waals surface area contributed by atoms with Crippen molar-refractivity contribution in [3.05, 3.63) is 87.9 Å². The number of amides is 2. The topological polar surface area (TPSA) is 58.2 Å². The lowest BCUT2D eigenvalue weighted by atomic mass is 10.2. The lowest BCUT2D eigenvalue weighted by Gasteiger charge is -2.17. The molecule has 0 saturated carbocycles. The van der Waals surface area contributed by atoms with Crippen LogP contribution < -0.4 is 10.6 Å². The largest absolute Gasteiger partial charge is 0.416 e. The quantitative estimate of drug-likeness (QED) is 0.309. The zero-order chi connectivity index (χ0) is 24.9. The van der Waals surface area contributed by atoms with Gasteiger partial charge in [0, 0.05) is 21.2 Å². The SMILES string of the molecule is CCC(Sc1cccc(NC(=O)c2cccc(Cl)c2)c1)C(=O)Nc1cc(C(F)(F)F)ccc1Cl. The zero-order valence-electron chi connectivity index (χ0n) is 17.7. The molecule has 0 aromatic heterocycles. The summed E-state index contributed by atoms with van der Waals surface area (Å²) in [5, 5.41) is 5.11. The second-order valence-electron chi connectivity index (χ2n) is 7.19. The Hall–Kier alpha value is -2.68. The van der Waals surface area contributed by atoms with Gasteiger partial charge in [0.05, 0.1) is 21.5 Å². The number of hydrogen-bond donors (Lipinski definition) is 2. The number of alkyl halides is 3. The predicted octanol–water partition coefficient (Wildman–Crippen LogP) is 7.77. The third-order valence-electron chi connectivity index (χ3n) is 4.67. The van der Waals surface area contributed by atoms with Crippen LogP contribution in [0, 0.1) is 0 Å². The molecule has 1 unspecified atom stereocenters. The Morgan fingerprint density at radius 1 is 0.971 bits per heavy atom. The van der Waals surface area contributed by atoms with E-state index in [-0.39, 0.29) is 16.6 Å². The van der Waals surface area contributed by atoms with Crippen LogP contribution >= 0.6 is 35.0 Å². The molecule has 0 aliphatic heterocycles. The molecule has 10 heteroatoms. The number of benzene rings is 3. The van der Waals surface area contributed by atoms with Crippen LogP contribution in [0.2, 0.25) is 10.0 Å². The summed E-state index contributed by atoms with van der Waals surface area (Å²) in [6, 6.07) is 16.2. The molecule has 3 aromatic rings. The molecule has 0 fully saturated rings. The van der Waals surface area contributed by atoms with Crippen LogP contribution in [-0.4, -0.2) is 17.1 Å². The second-order valence-corrected chi connectivity index (χ2v) is 9.31. The second kappa shape index (κ2) is 11.2. The molecule has 2 N–H and O–H groups in total. The summed E-state index contributed by atoms with van der Waals surface area (Å²) in [4.78, 5) is 25.9. The van der Waals surface area contributed by atoms with Gasteiger partial charge in [-0.1, -0.05) is 42.3 Å². The Labute approximate surface area is 208 Å². The summed E-state index contributed by atoms with van der Waals surface area (Å²) in [5.41, 5.74) is -0.0976. The fourth-order valence-electron chi connectivity index (χ4n) is 2.98. The molecule has 1 atom stereocenters. The van der Waals surface area contributed by atoms with Crippen LogP contribution in [0.1, 0.15) is 29.3 Å². The highest BCUT2D eigenvalue weighted by Gasteiger charge is 2.31. The molecule has 0 saturated heterocycles. The van der Waals surface area contributed by atoms with Crippen molar-refractivity contribution in [3.63, 3.8) is 0 Å². The highest BCUT2D eigenvalue weighted by atomic mass is 35.5. The fourth-order valence-corrected chi connectivity index (χ4v) is 4.35. The van der Waals surface area contributed by atoms with Crippen LogP contribution in [0.25, 0.3) is 0 Å². The van der Waals surface area contributed by atoms with Gasteiger partial charge < -0.3 is 10.6 Å². The molecule has 0 spiro atoms. The molecule has 178 valence electrons. The van der Waals surface area contributed by atoms with Crippen molar-refractivity contribution in [2.24, 2.45) is 0 Å². The molecule has 0 radical (unpaired) electrons. The van der Waals surface area contributed by atoms with Crippen molar-refractivity contribution in [2.45, 2.75) is 29.7 Å². The van der Waals surface area contributed by atoms with E-state index < -0.39 is 22.9 Å². The minimum absolute atomic E-state index is 0.00641. The molecular weight excluding hydrogens is 508 g/mol. The summed E-state index contributed by atoms with van der Waals surface area (Å²) in [6.45, 7) is 1.79. The van der Waals surface area contributed by atoms with Gasteiger partial charge in [-0.25, -0.2) is 0 Å². The van der Waals surface area contributed by atoms with Crippen molar-refractivity contribution in [1.82, 2.24) is 0 Å². The van der Waals surface area contributed by atoms with Gasteiger partial charge in [0.25, 0.3) is 5.91 Å². The number of rotatable bonds is 7. The Bertz CT molecular complexity index is 1200. The molecule has 0 heterocycles. The van der Waals surface area contributed by atoms with E-state index in [1.165, 1.54) is 11.8 Å². The van der Waals surface area contributed by atoms with Gasteiger partial charge in [0.2, 0.25) is 5.91 Å². The highest BCUT2D eigenvalue weighted by molar-refractivity contribution is 8.00. The molecule has 3 rings (SSSR count). The molecule has 3 aromatic carbocycles. The average Bonchev–Trinajstić information content (AvgIpc) is 2.78. The summed E-state index contributed by atoms with van der Waals surface area (Å²) in [7, 11) is 0. The van der Waals surface area contributed by atoms with Gasteiger partial charge in [-0.3, -0.25) is 9.59 Å². The lowest BCUT2D eigenvalue weighted by Crippen LogP contribution is -2.25. The number of carbonyl (C=O) groups is 2. The predicted molar refractivity (Wildman–Crippen MR) is 131 cm³/mol. The standard InChI is InChI=1S/C24H19Cl2F3N2O2S/c1-2-21(23(33)31-20-12-15(24(27,28)29)9-10-19(20)26)34-18-8-4-7-17(13-18)30-22(32)14-5-3-6-16(25)11-14/h3-13,21H,2H2,1H3,(H,30,32)(H,31,33). The van der Waals surface area contributed by atoms with E-state index >= 15 is 0 Å². The van der Waals surface area contributed by atoms with Gasteiger partial charge in [0.1, 0.15) is 0 Å². The molecule has 34 heavy (non-hydrogen) atoms. The Balaban J connectivity index is 1.71. The smallest absolute Gasteiger partial charge is 0.324 e. The van der Waals surface area contributed by atoms with E-state index in [9.17, 15) is 22.8 Å². The van der Waals surface area contributed by atoms with E-state index in [0.717, 1.165) is 18.2 Å². The monoisotopic (exact) mass is 526 g/mol. The number of anilines is 2. The zero-order valence-corrected chi connectivity index (χ0v) is 20.1. The number of nitrogens with one attached hydrogen (secondary N) is 2. The van der Waals surface area contributed by atoms with Crippen molar-refractivity contribution < 1.29 is 22.8 Å². The molecule has 2 amide bonds. The molecule has 4 nitrogen and oxygen atoms in total. The minimum atomic E-state index is -4.56. The maximum absolute atomic E-state index is 13.0. The first-order chi connectivity index (χ1) is 16.1. The van der Waals surface area contributed by atoms with Gasteiger partial charge in [-0.15, -0.1) is 11.8 Å². The Kier molecular flexibility index (Phi) is 8.52. The van der Waals surface area contributed by atoms with Crippen LogP contribution in [0.4, 0.5) is 24.5 Å². The summed E-state index contributed by atoms with van der Waals surface area (Å²) in [5.74, 6) is -0.823. The van der Waals surface area contributed by atoms with Gasteiger partial charge in [-0.05, 0) is 61.0 Å². The maximum Gasteiger partial charge on any atom is 0.416 e. The highest BCUT2D eigenvalue weighted by Crippen LogP contribution is 2.35. The molecule has 0 aliphatic rings. The molecule has 0 aliphatic carbocycles. The van der Waals surface area contributed by atoms with Gasteiger partial charge in [-0.2, -0.15) is 13.2 Å². The van der Waals surface area contributed by atoms with Gasteiger partial charge >= 0.3 is 6.18 Å². The number of halogens is 5. The van der Waals surface area contributed by atoms with Crippen LogP contribution in [0.5, 0.6) is 0 Å². The van der Waals surface area contributed by atoms with E-state index in [0.29, 0.717) is 27.6 Å². The van der Waals surface area contributed by atoms with Gasteiger partial charge in [0.15, 0.2) is 0 Å². The third-order valence-corrected chi connectivity index (χ3v) is 6.59. The van der Waals surface area contributed by atoms with Crippen molar-refractivity contribution in [3.8, 4) is 0 Å². The van der Waals surface area contributed by atoms with Crippen LogP contribution in [-0.2, 0) is 11.0 Å². The van der Waals surface area contributed by atoms with Crippen LogP contribution in [0.15, 0.2) is 71.6 Å².